The van der Waals surface area contributed by atoms with E-state index in [9.17, 15) is 4.79 Å². The van der Waals surface area contributed by atoms with Crippen LogP contribution >= 0.6 is 0 Å². The van der Waals surface area contributed by atoms with Crippen molar-refractivity contribution in [2.75, 3.05) is 0 Å². The van der Waals surface area contributed by atoms with E-state index >= 15 is 0 Å². The van der Waals surface area contributed by atoms with Crippen molar-refractivity contribution in [3.8, 4) is 0 Å². The van der Waals surface area contributed by atoms with E-state index in [1.807, 2.05) is 25.1 Å². The largest absolute Gasteiger partial charge is 0.480 e. The second kappa shape index (κ2) is 4.55. The van der Waals surface area contributed by atoms with Crippen LogP contribution in [0.2, 0.25) is 0 Å². The number of benzene rings is 2. The van der Waals surface area contributed by atoms with Gasteiger partial charge in [-0.25, -0.2) is 0 Å². The lowest BCUT2D eigenvalue weighted by atomic mass is 10.0. The Balaban J connectivity index is 2.33. The zero-order valence-electron chi connectivity index (χ0n) is 9.68. The molecule has 0 unspecified atom stereocenters. The summed E-state index contributed by atoms with van der Waals surface area (Å²) in [7, 11) is 0. The predicted molar refractivity (Wildman–Crippen MR) is 68.0 cm³/mol. The highest BCUT2D eigenvalue weighted by Crippen LogP contribution is 2.18. The highest BCUT2D eigenvalue weighted by molar-refractivity contribution is 5.84. The maximum Gasteiger partial charge on any atom is 0.320 e. The van der Waals surface area contributed by atoms with Gasteiger partial charge < -0.3 is 10.8 Å². The third-order valence-electron chi connectivity index (χ3n) is 2.83. The number of carboxylic acid groups (broad SMARTS) is 1. The third-order valence-corrected chi connectivity index (χ3v) is 2.83. The molecule has 1 atom stereocenters. The lowest BCUT2D eigenvalue weighted by molar-refractivity contribution is -0.138. The zero-order chi connectivity index (χ0) is 12.4. The molecule has 0 saturated heterocycles. The van der Waals surface area contributed by atoms with Crippen LogP contribution < -0.4 is 5.73 Å². The highest BCUT2D eigenvalue weighted by atomic mass is 16.4. The molecule has 0 fully saturated rings. The van der Waals surface area contributed by atoms with Gasteiger partial charge in [-0.15, -0.1) is 0 Å². The van der Waals surface area contributed by atoms with Crippen LogP contribution in [0.5, 0.6) is 0 Å². The number of hydrogen-bond donors (Lipinski definition) is 2. The van der Waals surface area contributed by atoms with Gasteiger partial charge in [0.05, 0.1) is 0 Å². The van der Waals surface area contributed by atoms with E-state index in [0.29, 0.717) is 6.42 Å². The Hall–Kier alpha value is -1.87. The SMILES string of the molecule is Cc1ccc2ccc(C[C@@H](N)C(=O)O)cc2c1. The quantitative estimate of drug-likeness (QED) is 0.847. The van der Waals surface area contributed by atoms with Crippen molar-refractivity contribution in [1.82, 2.24) is 0 Å². The van der Waals surface area contributed by atoms with Crippen molar-refractivity contribution >= 4 is 16.7 Å². The fourth-order valence-electron chi connectivity index (χ4n) is 1.88. The minimum Gasteiger partial charge on any atom is -0.480 e. The molecule has 2 rings (SSSR count). The Bertz CT molecular complexity index is 563. The number of carbonyl (C=O) groups is 1. The average Bonchev–Trinajstić information content (AvgIpc) is 2.28. The first-order chi connectivity index (χ1) is 8.06. The molecule has 2 aromatic carbocycles. The Kier molecular flexibility index (Phi) is 3.11. The van der Waals surface area contributed by atoms with Gasteiger partial charge in [0.1, 0.15) is 6.04 Å². The molecular weight excluding hydrogens is 214 g/mol. The first-order valence-corrected chi connectivity index (χ1v) is 5.54. The molecule has 0 aromatic heterocycles. The molecule has 17 heavy (non-hydrogen) atoms. The molecule has 0 bridgehead atoms. The number of rotatable bonds is 3. The summed E-state index contributed by atoms with van der Waals surface area (Å²) in [4.78, 5) is 10.7. The van der Waals surface area contributed by atoms with Gasteiger partial charge in [-0.3, -0.25) is 4.79 Å². The van der Waals surface area contributed by atoms with Gasteiger partial charge in [0.2, 0.25) is 0 Å². The molecule has 0 amide bonds. The van der Waals surface area contributed by atoms with Crippen molar-refractivity contribution in [2.24, 2.45) is 5.73 Å². The molecule has 0 saturated carbocycles. The number of aliphatic carboxylic acids is 1. The molecule has 2 aromatic rings. The topological polar surface area (TPSA) is 63.3 Å². The van der Waals surface area contributed by atoms with E-state index in [2.05, 4.69) is 18.2 Å². The lowest BCUT2D eigenvalue weighted by Gasteiger charge is -2.08. The van der Waals surface area contributed by atoms with Crippen LogP contribution in [0.3, 0.4) is 0 Å². The van der Waals surface area contributed by atoms with Crippen LogP contribution in [0, 0.1) is 6.92 Å². The molecule has 0 heterocycles. The maximum absolute atomic E-state index is 10.7. The van der Waals surface area contributed by atoms with Gasteiger partial charge in [0, 0.05) is 0 Å². The number of hydrogen-bond acceptors (Lipinski definition) is 2. The van der Waals surface area contributed by atoms with Crippen LogP contribution in [0.4, 0.5) is 0 Å². The predicted octanol–water partition coefficient (Wildman–Crippen LogP) is 2.10. The molecular formula is C14H15NO2. The third kappa shape index (κ3) is 2.63. The standard InChI is InChI=1S/C14H15NO2/c1-9-2-4-11-5-3-10(7-12(11)6-9)8-13(15)14(16)17/h2-7,13H,8,15H2,1H3,(H,16,17)/t13-/m1/s1. The monoisotopic (exact) mass is 229 g/mol. The number of fused-ring (bicyclic) bond motifs is 1. The Morgan fingerprint density at radius 1 is 1.24 bits per heavy atom. The molecule has 0 radical (unpaired) electrons. The van der Waals surface area contributed by atoms with Crippen LogP contribution in [0.25, 0.3) is 10.8 Å². The smallest absolute Gasteiger partial charge is 0.320 e. The summed E-state index contributed by atoms with van der Waals surface area (Å²) in [6.07, 6.45) is 0.360. The molecule has 3 nitrogen and oxygen atoms in total. The van der Waals surface area contributed by atoms with Gasteiger partial charge in [-0.05, 0) is 29.7 Å². The summed E-state index contributed by atoms with van der Waals surface area (Å²) < 4.78 is 0. The first kappa shape index (κ1) is 11.6. The molecule has 88 valence electrons. The second-order valence-corrected chi connectivity index (χ2v) is 4.33. The average molecular weight is 229 g/mol. The Labute approximate surface area is 99.9 Å². The summed E-state index contributed by atoms with van der Waals surface area (Å²) in [5.41, 5.74) is 7.67. The molecule has 3 N–H and O–H groups in total. The summed E-state index contributed by atoms with van der Waals surface area (Å²) in [5, 5.41) is 11.1. The fourth-order valence-corrected chi connectivity index (χ4v) is 1.88. The van der Waals surface area contributed by atoms with Crippen molar-refractivity contribution in [3.63, 3.8) is 0 Å². The van der Waals surface area contributed by atoms with E-state index in [1.54, 1.807) is 0 Å². The zero-order valence-corrected chi connectivity index (χ0v) is 9.68. The summed E-state index contributed by atoms with van der Waals surface area (Å²) in [6.45, 7) is 2.04. The Morgan fingerprint density at radius 2 is 1.94 bits per heavy atom. The highest BCUT2D eigenvalue weighted by Gasteiger charge is 2.12. The maximum atomic E-state index is 10.7. The molecule has 0 spiro atoms. The summed E-state index contributed by atoms with van der Waals surface area (Å²) in [5.74, 6) is -0.964. The van der Waals surface area contributed by atoms with E-state index in [1.165, 1.54) is 5.56 Å². The van der Waals surface area contributed by atoms with Crippen molar-refractivity contribution in [1.29, 1.82) is 0 Å². The van der Waals surface area contributed by atoms with Gasteiger partial charge in [0.15, 0.2) is 0 Å². The van der Waals surface area contributed by atoms with E-state index < -0.39 is 12.0 Å². The molecule has 0 aliphatic carbocycles. The molecule has 0 aliphatic heterocycles. The van der Waals surface area contributed by atoms with Gasteiger partial charge in [-0.1, -0.05) is 42.0 Å². The van der Waals surface area contributed by atoms with Crippen LogP contribution in [0.15, 0.2) is 36.4 Å². The first-order valence-electron chi connectivity index (χ1n) is 5.54. The van der Waals surface area contributed by atoms with Gasteiger partial charge in [-0.2, -0.15) is 0 Å². The minimum absolute atomic E-state index is 0.360. The van der Waals surface area contributed by atoms with Crippen LogP contribution in [-0.4, -0.2) is 17.1 Å². The van der Waals surface area contributed by atoms with E-state index in [-0.39, 0.29) is 0 Å². The molecule has 0 aliphatic rings. The number of aryl methyl sites for hydroxylation is 1. The van der Waals surface area contributed by atoms with Crippen molar-refractivity contribution in [3.05, 3.63) is 47.5 Å². The van der Waals surface area contributed by atoms with Crippen LogP contribution in [0.1, 0.15) is 11.1 Å². The second-order valence-electron chi connectivity index (χ2n) is 4.33. The normalized spacial score (nSPS) is 12.6. The Morgan fingerprint density at radius 3 is 2.65 bits per heavy atom. The van der Waals surface area contributed by atoms with E-state index in [4.69, 9.17) is 10.8 Å². The van der Waals surface area contributed by atoms with E-state index in [0.717, 1.165) is 16.3 Å². The number of carboxylic acids is 1. The lowest BCUT2D eigenvalue weighted by Crippen LogP contribution is -2.32. The van der Waals surface area contributed by atoms with Gasteiger partial charge >= 0.3 is 5.97 Å². The molecule has 3 heteroatoms. The van der Waals surface area contributed by atoms with Crippen molar-refractivity contribution < 1.29 is 9.90 Å². The van der Waals surface area contributed by atoms with Crippen LogP contribution in [-0.2, 0) is 11.2 Å². The van der Waals surface area contributed by atoms with Gasteiger partial charge in [0.25, 0.3) is 0 Å². The number of nitrogens with two attached hydrogens (primary N) is 1. The summed E-state index contributed by atoms with van der Waals surface area (Å²) >= 11 is 0. The van der Waals surface area contributed by atoms with Crippen molar-refractivity contribution in [2.45, 2.75) is 19.4 Å². The minimum atomic E-state index is -0.964. The summed E-state index contributed by atoms with van der Waals surface area (Å²) in [6, 6.07) is 11.3. The fraction of sp³-hybridized carbons (Fsp3) is 0.214.